The molecule has 70 heavy (non-hydrogen) atoms. The first kappa shape index (κ1) is 45.6. The van der Waals surface area contributed by atoms with Gasteiger partial charge in [0.2, 0.25) is 11.8 Å². The van der Waals surface area contributed by atoms with Gasteiger partial charge in [0.1, 0.15) is 17.3 Å². The summed E-state index contributed by atoms with van der Waals surface area (Å²) in [6.07, 6.45) is -3.27. The second kappa shape index (κ2) is 19.5. The molecule has 350 valence electrons. The van der Waals surface area contributed by atoms with Gasteiger partial charge in [-0.1, -0.05) is 194 Å². The molecule has 7 aromatic carbocycles. The standard InChI is InChI=1S/C56H47FN6O7/c57-56(64)49(70-55(43-25-13-4-14-26-43,44-27-15-5-16-28-44)45-29-17-6-18-30-45)47(37-68-54(40-19-7-1-8-20-40,41-21-9-2-10-22-41)42-23-11-3-12-24-42)69-52(56)62-38-59-48-50(62)60-53(58)61-51(48)67-36-35-39-31-33-46(34-32-39)63(65)66/h1-34,38,47,49,52,64H,35-37H2,(H2,58,60,61)/t47-,49-,52-,56+/m1/s1. The van der Waals surface area contributed by atoms with E-state index in [-0.39, 0.29) is 41.9 Å². The number of nitrogens with two attached hydrogens (primary N) is 1. The highest BCUT2D eigenvalue weighted by Gasteiger charge is 2.62. The van der Waals surface area contributed by atoms with Crippen LogP contribution in [0.25, 0.3) is 11.2 Å². The van der Waals surface area contributed by atoms with E-state index in [2.05, 4.69) is 15.0 Å². The Bertz CT molecular complexity index is 2980. The number of fused-ring (bicyclic) bond motifs is 1. The zero-order chi connectivity index (χ0) is 48.1. The minimum atomic E-state index is -3.32. The van der Waals surface area contributed by atoms with Crippen molar-refractivity contribution < 1.29 is 33.4 Å². The van der Waals surface area contributed by atoms with E-state index in [1.807, 2.05) is 182 Å². The van der Waals surface area contributed by atoms with Gasteiger partial charge in [0.05, 0.1) is 24.5 Å². The summed E-state index contributed by atoms with van der Waals surface area (Å²) in [5.41, 5.74) is 8.82. The lowest BCUT2D eigenvalue weighted by Crippen LogP contribution is -2.51. The average molecular weight is 935 g/mol. The Hall–Kier alpha value is -8.14. The predicted molar refractivity (Wildman–Crippen MR) is 261 cm³/mol. The lowest BCUT2D eigenvalue weighted by Gasteiger charge is -2.41. The normalized spacial score (nSPS) is 18.2. The van der Waals surface area contributed by atoms with Gasteiger partial charge in [-0.05, 0) is 38.9 Å². The zero-order valence-corrected chi connectivity index (χ0v) is 37.6. The van der Waals surface area contributed by atoms with Crippen LogP contribution in [0.1, 0.15) is 45.2 Å². The molecule has 1 fully saturated rings. The summed E-state index contributed by atoms with van der Waals surface area (Å²) in [6.45, 7) is -0.216. The van der Waals surface area contributed by atoms with E-state index < -0.39 is 40.4 Å². The zero-order valence-electron chi connectivity index (χ0n) is 37.6. The number of alkyl halides is 1. The summed E-state index contributed by atoms with van der Waals surface area (Å²) in [7, 11) is 0. The Kier molecular flexibility index (Phi) is 12.7. The molecule has 0 spiro atoms. The van der Waals surface area contributed by atoms with Crippen molar-refractivity contribution in [1.29, 1.82) is 0 Å². The van der Waals surface area contributed by atoms with Crippen LogP contribution >= 0.6 is 0 Å². The van der Waals surface area contributed by atoms with Crippen molar-refractivity contribution in [1.82, 2.24) is 19.5 Å². The first-order chi connectivity index (χ1) is 34.2. The molecule has 1 saturated heterocycles. The Morgan fingerprint density at radius 1 is 0.671 bits per heavy atom. The number of nitro benzene ring substituents is 1. The molecular formula is C56H47FN6O7. The largest absolute Gasteiger partial charge is 0.476 e. The fourth-order valence-electron chi connectivity index (χ4n) is 9.40. The lowest BCUT2D eigenvalue weighted by molar-refractivity contribution is -0.384. The maximum absolute atomic E-state index is 18.7. The summed E-state index contributed by atoms with van der Waals surface area (Å²) in [6, 6.07) is 63.9. The smallest absolute Gasteiger partial charge is 0.281 e. The van der Waals surface area contributed by atoms with Gasteiger partial charge in [0.25, 0.3) is 11.5 Å². The second-order valence-corrected chi connectivity index (χ2v) is 16.9. The molecule has 4 atom stereocenters. The molecule has 1 aliphatic heterocycles. The summed E-state index contributed by atoms with van der Waals surface area (Å²) >= 11 is 0. The van der Waals surface area contributed by atoms with Crippen LogP contribution in [0.5, 0.6) is 5.88 Å². The van der Waals surface area contributed by atoms with Gasteiger partial charge in [-0.2, -0.15) is 9.97 Å². The minimum Gasteiger partial charge on any atom is -0.476 e. The number of aromatic nitrogens is 4. The molecule has 9 aromatic rings. The monoisotopic (exact) mass is 934 g/mol. The van der Waals surface area contributed by atoms with Gasteiger partial charge in [0, 0.05) is 18.6 Å². The lowest BCUT2D eigenvalue weighted by atomic mass is 9.79. The van der Waals surface area contributed by atoms with Crippen molar-refractivity contribution in [3.63, 3.8) is 0 Å². The third-order valence-electron chi connectivity index (χ3n) is 12.7. The molecule has 0 aliphatic carbocycles. The number of anilines is 1. The number of non-ortho nitro benzene ring substituents is 1. The van der Waals surface area contributed by atoms with Crippen molar-refractivity contribution in [2.24, 2.45) is 0 Å². The van der Waals surface area contributed by atoms with Crippen molar-refractivity contribution in [3.8, 4) is 5.88 Å². The number of benzene rings is 7. The SMILES string of the molecule is Nc1nc(OCCc2ccc([N+](=O)[O-])cc2)c2ncn([C@@H]3O[C@H](COC(c4ccccc4)(c4ccccc4)c4ccccc4)[C@@H](OC(c4ccccc4)(c4ccccc4)c4ccccc4)[C@@]3(O)F)c2n1. The number of halogens is 1. The van der Waals surface area contributed by atoms with Crippen molar-refractivity contribution in [2.75, 3.05) is 18.9 Å². The molecular weight excluding hydrogens is 888 g/mol. The molecule has 0 amide bonds. The molecule has 3 N–H and O–H groups in total. The topological polar surface area (TPSA) is 170 Å². The van der Waals surface area contributed by atoms with Crippen LogP contribution in [0.4, 0.5) is 16.0 Å². The Morgan fingerprint density at radius 3 is 1.56 bits per heavy atom. The number of imidazole rings is 1. The summed E-state index contributed by atoms with van der Waals surface area (Å²) < 4.78 is 47.5. The maximum atomic E-state index is 18.7. The molecule has 0 bridgehead atoms. The highest BCUT2D eigenvalue weighted by molar-refractivity contribution is 5.77. The second-order valence-electron chi connectivity index (χ2n) is 16.9. The van der Waals surface area contributed by atoms with Crippen LogP contribution in [-0.2, 0) is 31.8 Å². The number of rotatable bonds is 17. The number of hydrogen-bond acceptors (Lipinski definition) is 11. The summed E-state index contributed by atoms with van der Waals surface area (Å²) in [5.74, 6) is -3.52. The maximum Gasteiger partial charge on any atom is 0.281 e. The number of ether oxygens (including phenoxy) is 4. The molecule has 0 saturated carbocycles. The quantitative estimate of drug-likeness (QED) is 0.0506. The van der Waals surface area contributed by atoms with Crippen LogP contribution < -0.4 is 10.5 Å². The van der Waals surface area contributed by atoms with Crippen LogP contribution in [0.2, 0.25) is 0 Å². The van der Waals surface area contributed by atoms with Gasteiger partial charge in [0.15, 0.2) is 23.5 Å². The Labute approximate surface area is 402 Å². The van der Waals surface area contributed by atoms with Gasteiger partial charge in [-0.25, -0.2) is 9.37 Å². The number of nitrogen functional groups attached to an aromatic ring is 1. The van der Waals surface area contributed by atoms with Crippen molar-refractivity contribution in [2.45, 2.75) is 41.9 Å². The first-order valence-electron chi connectivity index (χ1n) is 22.8. The van der Waals surface area contributed by atoms with Crippen molar-refractivity contribution in [3.05, 3.63) is 262 Å². The highest BCUT2D eigenvalue weighted by Crippen LogP contribution is 2.51. The average Bonchev–Trinajstić information content (AvgIpc) is 3.93. The van der Waals surface area contributed by atoms with Gasteiger partial charge in [-0.15, -0.1) is 0 Å². The fourth-order valence-corrected chi connectivity index (χ4v) is 9.40. The molecule has 0 radical (unpaired) electrons. The fraction of sp³-hybridized carbons (Fsp3) is 0.161. The summed E-state index contributed by atoms with van der Waals surface area (Å²) in [5, 5.41) is 24.0. The third kappa shape index (κ3) is 8.54. The van der Waals surface area contributed by atoms with Crippen LogP contribution in [0, 0.1) is 10.1 Å². The van der Waals surface area contributed by atoms with Crippen molar-refractivity contribution >= 4 is 22.8 Å². The molecule has 13 nitrogen and oxygen atoms in total. The molecule has 3 heterocycles. The van der Waals surface area contributed by atoms with E-state index in [0.29, 0.717) is 23.1 Å². The highest BCUT2D eigenvalue weighted by atomic mass is 19.2. The van der Waals surface area contributed by atoms with Gasteiger partial charge >= 0.3 is 0 Å². The predicted octanol–water partition coefficient (Wildman–Crippen LogP) is 9.88. The minimum absolute atomic E-state index is 0.00542. The molecule has 10 rings (SSSR count). The van der Waals surface area contributed by atoms with E-state index in [1.54, 1.807) is 12.1 Å². The first-order valence-corrected chi connectivity index (χ1v) is 22.8. The van der Waals surface area contributed by atoms with Gasteiger partial charge < -0.3 is 29.8 Å². The van der Waals surface area contributed by atoms with Gasteiger partial charge in [-0.3, -0.25) is 14.7 Å². The molecule has 2 aromatic heterocycles. The van der Waals surface area contributed by atoms with E-state index in [0.717, 1.165) is 22.3 Å². The Balaban J connectivity index is 1.09. The molecule has 1 aliphatic rings. The van der Waals surface area contributed by atoms with E-state index >= 15 is 4.39 Å². The summed E-state index contributed by atoms with van der Waals surface area (Å²) in [4.78, 5) is 24.1. The molecule has 14 heteroatoms. The van der Waals surface area contributed by atoms with Crippen LogP contribution in [-0.4, -0.2) is 60.8 Å². The number of nitro groups is 1. The Morgan fingerprint density at radius 2 is 1.11 bits per heavy atom. The number of aliphatic hydroxyl groups is 1. The van der Waals surface area contributed by atoms with Crippen LogP contribution in [0.3, 0.4) is 0 Å². The molecule has 0 unspecified atom stereocenters. The van der Waals surface area contributed by atoms with E-state index in [9.17, 15) is 15.2 Å². The third-order valence-corrected chi connectivity index (χ3v) is 12.7. The van der Waals surface area contributed by atoms with E-state index in [4.69, 9.17) is 24.7 Å². The number of hydrogen-bond donors (Lipinski definition) is 2. The van der Waals surface area contributed by atoms with Crippen LogP contribution in [0.15, 0.2) is 213 Å². The number of nitrogens with zero attached hydrogens (tertiary/aromatic N) is 5. The van der Waals surface area contributed by atoms with E-state index in [1.165, 1.54) is 23.0 Å².